The van der Waals surface area contributed by atoms with Gasteiger partial charge in [0.05, 0.1) is 17.1 Å². The third-order valence-electron chi connectivity index (χ3n) is 2.87. The van der Waals surface area contributed by atoms with Crippen LogP contribution in [0.5, 0.6) is 0 Å². The van der Waals surface area contributed by atoms with Crippen molar-refractivity contribution in [1.82, 2.24) is 10.2 Å². The standard InChI is InChI=1S/C9H13FN4O3S/c1-5-8(11)9(13-12-5)14-3-6(2-7(14)15)4-18(10,16)17/h6H,2-4,11H2,1H3,(H,12,13). The molecule has 0 aliphatic carbocycles. The van der Waals surface area contributed by atoms with Gasteiger partial charge in [0.15, 0.2) is 5.82 Å². The maximum atomic E-state index is 12.6. The van der Waals surface area contributed by atoms with Gasteiger partial charge in [0.1, 0.15) is 0 Å². The van der Waals surface area contributed by atoms with E-state index in [2.05, 4.69) is 10.2 Å². The van der Waals surface area contributed by atoms with Crippen molar-refractivity contribution in [3.63, 3.8) is 0 Å². The molecular weight excluding hydrogens is 263 g/mol. The van der Waals surface area contributed by atoms with E-state index in [-0.39, 0.29) is 24.7 Å². The van der Waals surface area contributed by atoms with Gasteiger partial charge in [0.25, 0.3) is 0 Å². The first-order valence-corrected chi connectivity index (χ1v) is 6.86. The smallest absolute Gasteiger partial charge is 0.302 e. The van der Waals surface area contributed by atoms with Crippen molar-refractivity contribution >= 4 is 27.6 Å². The fourth-order valence-electron chi connectivity index (χ4n) is 2.01. The van der Waals surface area contributed by atoms with Crippen LogP contribution in [0.3, 0.4) is 0 Å². The average molecular weight is 276 g/mol. The number of anilines is 2. The molecular formula is C9H13FN4O3S. The minimum atomic E-state index is -4.58. The summed E-state index contributed by atoms with van der Waals surface area (Å²) in [5.74, 6) is -1.25. The highest BCUT2D eigenvalue weighted by Crippen LogP contribution is 2.29. The third kappa shape index (κ3) is 2.45. The second-order valence-electron chi connectivity index (χ2n) is 4.37. The molecule has 0 spiro atoms. The molecule has 3 N–H and O–H groups in total. The lowest BCUT2D eigenvalue weighted by Crippen LogP contribution is -2.26. The van der Waals surface area contributed by atoms with Gasteiger partial charge in [0.2, 0.25) is 5.91 Å². The van der Waals surface area contributed by atoms with Crippen LogP contribution in [0.25, 0.3) is 0 Å². The van der Waals surface area contributed by atoms with E-state index in [1.165, 1.54) is 4.90 Å². The molecule has 1 aromatic rings. The molecule has 0 aromatic carbocycles. The van der Waals surface area contributed by atoms with Crippen molar-refractivity contribution in [2.75, 3.05) is 22.9 Å². The van der Waals surface area contributed by atoms with Crippen LogP contribution in [0.1, 0.15) is 12.1 Å². The molecule has 9 heteroatoms. The first-order valence-electron chi connectivity index (χ1n) is 5.31. The molecule has 1 amide bonds. The van der Waals surface area contributed by atoms with Crippen molar-refractivity contribution in [3.8, 4) is 0 Å². The van der Waals surface area contributed by atoms with Crippen LogP contribution >= 0.6 is 0 Å². The van der Waals surface area contributed by atoms with Crippen LogP contribution in [-0.4, -0.2) is 36.8 Å². The summed E-state index contributed by atoms with van der Waals surface area (Å²) >= 11 is 0. The fourth-order valence-corrected chi connectivity index (χ4v) is 2.80. The topological polar surface area (TPSA) is 109 Å². The second-order valence-corrected chi connectivity index (χ2v) is 5.78. The molecule has 1 aromatic heterocycles. The minimum Gasteiger partial charge on any atom is -0.394 e. The van der Waals surface area contributed by atoms with E-state index in [9.17, 15) is 17.1 Å². The van der Waals surface area contributed by atoms with Gasteiger partial charge in [-0.1, -0.05) is 0 Å². The van der Waals surface area contributed by atoms with Crippen molar-refractivity contribution in [1.29, 1.82) is 0 Å². The van der Waals surface area contributed by atoms with E-state index < -0.39 is 21.9 Å². The number of aryl methyl sites for hydroxylation is 1. The lowest BCUT2D eigenvalue weighted by molar-refractivity contribution is -0.117. The molecule has 18 heavy (non-hydrogen) atoms. The highest BCUT2D eigenvalue weighted by Gasteiger charge is 2.35. The molecule has 0 radical (unpaired) electrons. The number of H-pyrrole nitrogens is 1. The van der Waals surface area contributed by atoms with Crippen molar-refractivity contribution in [2.24, 2.45) is 5.92 Å². The predicted molar refractivity (Wildman–Crippen MR) is 63.1 cm³/mol. The van der Waals surface area contributed by atoms with Gasteiger partial charge in [-0.05, 0) is 6.92 Å². The number of halogens is 1. The van der Waals surface area contributed by atoms with Crippen LogP contribution in [0, 0.1) is 12.8 Å². The molecule has 1 unspecified atom stereocenters. The van der Waals surface area contributed by atoms with E-state index in [0.29, 0.717) is 11.4 Å². The molecule has 1 atom stereocenters. The Bertz CT molecular complexity index is 583. The van der Waals surface area contributed by atoms with E-state index in [1.54, 1.807) is 6.92 Å². The molecule has 1 fully saturated rings. The second kappa shape index (κ2) is 4.23. The van der Waals surface area contributed by atoms with Gasteiger partial charge in [0, 0.05) is 18.9 Å². The molecule has 1 aliphatic heterocycles. The number of hydrogen-bond acceptors (Lipinski definition) is 5. The molecule has 0 saturated carbocycles. The Morgan fingerprint density at radius 2 is 2.28 bits per heavy atom. The Morgan fingerprint density at radius 3 is 2.78 bits per heavy atom. The zero-order valence-electron chi connectivity index (χ0n) is 9.68. The zero-order valence-corrected chi connectivity index (χ0v) is 10.5. The van der Waals surface area contributed by atoms with Gasteiger partial charge < -0.3 is 5.73 Å². The number of hydrogen-bond donors (Lipinski definition) is 2. The quantitative estimate of drug-likeness (QED) is 0.752. The van der Waals surface area contributed by atoms with E-state index >= 15 is 0 Å². The highest BCUT2D eigenvalue weighted by atomic mass is 32.3. The van der Waals surface area contributed by atoms with Crippen molar-refractivity contribution in [3.05, 3.63) is 5.69 Å². The van der Waals surface area contributed by atoms with Gasteiger partial charge in [-0.2, -0.15) is 13.5 Å². The van der Waals surface area contributed by atoms with Crippen LogP contribution in [-0.2, 0) is 15.0 Å². The molecule has 2 rings (SSSR count). The van der Waals surface area contributed by atoms with Crippen LogP contribution in [0.2, 0.25) is 0 Å². The first kappa shape index (κ1) is 12.8. The van der Waals surface area contributed by atoms with E-state index in [4.69, 9.17) is 5.73 Å². The minimum absolute atomic E-state index is 0.0193. The van der Waals surface area contributed by atoms with Gasteiger partial charge in [-0.25, -0.2) is 0 Å². The highest BCUT2D eigenvalue weighted by molar-refractivity contribution is 7.86. The summed E-state index contributed by atoms with van der Waals surface area (Å²) in [5, 5.41) is 6.53. The number of nitrogens with one attached hydrogen (secondary N) is 1. The normalized spacial score (nSPS) is 20.7. The molecule has 1 aliphatic rings. The lowest BCUT2D eigenvalue weighted by atomic mass is 10.1. The van der Waals surface area contributed by atoms with Gasteiger partial charge in [-0.3, -0.25) is 14.8 Å². The number of nitrogens with zero attached hydrogens (tertiary/aromatic N) is 2. The Kier molecular flexibility index (Phi) is 3.01. The number of rotatable bonds is 3. The number of amides is 1. The number of carbonyl (C=O) groups excluding carboxylic acids is 1. The number of aromatic amines is 1. The Balaban J connectivity index is 2.18. The SMILES string of the molecule is Cc1[nH]nc(N2CC(CS(=O)(=O)F)CC2=O)c1N. The first-order chi connectivity index (χ1) is 8.28. The summed E-state index contributed by atoms with van der Waals surface area (Å²) in [6, 6.07) is 0. The zero-order chi connectivity index (χ0) is 13.5. The summed E-state index contributed by atoms with van der Waals surface area (Å²) in [7, 11) is -4.58. The van der Waals surface area contributed by atoms with Gasteiger partial charge in [-0.15, -0.1) is 3.89 Å². The van der Waals surface area contributed by atoms with E-state index in [0.717, 1.165) is 0 Å². The van der Waals surface area contributed by atoms with Crippen LogP contribution < -0.4 is 10.6 Å². The molecule has 1 saturated heterocycles. The Morgan fingerprint density at radius 1 is 1.61 bits per heavy atom. The summed E-state index contributed by atoms with van der Waals surface area (Å²) < 4.78 is 33.7. The summed E-state index contributed by atoms with van der Waals surface area (Å²) in [6.45, 7) is 1.81. The van der Waals surface area contributed by atoms with Gasteiger partial charge >= 0.3 is 10.2 Å². The van der Waals surface area contributed by atoms with Crippen LogP contribution in [0.4, 0.5) is 15.4 Å². The largest absolute Gasteiger partial charge is 0.394 e. The molecule has 100 valence electrons. The maximum absolute atomic E-state index is 12.6. The number of aromatic nitrogens is 2. The number of nitrogen functional groups attached to an aromatic ring is 1. The van der Waals surface area contributed by atoms with Crippen molar-refractivity contribution < 1.29 is 17.1 Å². The Hall–Kier alpha value is -1.64. The number of carbonyl (C=O) groups is 1. The van der Waals surface area contributed by atoms with Crippen LogP contribution in [0.15, 0.2) is 0 Å². The summed E-state index contributed by atoms with van der Waals surface area (Å²) in [5.41, 5.74) is 6.70. The molecule has 0 bridgehead atoms. The predicted octanol–water partition coefficient (Wildman–Crippen LogP) is -0.0475. The third-order valence-corrected chi connectivity index (χ3v) is 3.74. The summed E-state index contributed by atoms with van der Waals surface area (Å²) in [6.07, 6.45) is -0.0193. The number of nitrogens with two attached hydrogens (primary N) is 1. The fraction of sp³-hybridized carbons (Fsp3) is 0.556. The summed E-state index contributed by atoms with van der Waals surface area (Å²) in [4.78, 5) is 13.0. The van der Waals surface area contributed by atoms with Crippen molar-refractivity contribution in [2.45, 2.75) is 13.3 Å². The average Bonchev–Trinajstić information content (AvgIpc) is 2.70. The lowest BCUT2D eigenvalue weighted by Gasteiger charge is -2.13. The monoisotopic (exact) mass is 276 g/mol. The molecule has 2 heterocycles. The van der Waals surface area contributed by atoms with E-state index in [1.807, 2.05) is 0 Å². The Labute approximate surface area is 103 Å². The maximum Gasteiger partial charge on any atom is 0.302 e. The molecule has 7 nitrogen and oxygen atoms in total.